The summed E-state index contributed by atoms with van der Waals surface area (Å²) >= 11 is 0. The molecule has 0 saturated heterocycles. The number of halogens is 1. The maximum absolute atomic E-state index is 17.2. The minimum absolute atomic E-state index is 0.104. The van der Waals surface area contributed by atoms with Crippen molar-refractivity contribution in [3.8, 4) is 0 Å². The monoisotopic (exact) mass is 513 g/mol. The summed E-state index contributed by atoms with van der Waals surface area (Å²) in [7, 11) is 1.88. The number of carbonyl (C=O) groups is 3. The predicted octanol–water partition coefficient (Wildman–Crippen LogP) is 2.83. The summed E-state index contributed by atoms with van der Waals surface area (Å²) < 4.78 is 22.5. The summed E-state index contributed by atoms with van der Waals surface area (Å²) in [6.45, 7) is 5.75. The number of hydrogen-bond donors (Lipinski definition) is 2. The van der Waals surface area contributed by atoms with Gasteiger partial charge in [-0.3, -0.25) is 9.59 Å². The van der Waals surface area contributed by atoms with Gasteiger partial charge in [0.05, 0.1) is 6.10 Å². The molecule has 0 radical (unpaired) electrons. The van der Waals surface area contributed by atoms with E-state index in [2.05, 4.69) is 0 Å². The minimum atomic E-state index is -2.10. The van der Waals surface area contributed by atoms with Gasteiger partial charge in [-0.2, -0.15) is 0 Å². The van der Waals surface area contributed by atoms with Gasteiger partial charge in [0.1, 0.15) is 12.2 Å². The first-order valence-corrected chi connectivity index (χ1v) is 13.1. The van der Waals surface area contributed by atoms with E-state index in [9.17, 15) is 24.6 Å². The third kappa shape index (κ3) is 3.41. The number of rotatable bonds is 4. The van der Waals surface area contributed by atoms with Gasteiger partial charge in [-0.1, -0.05) is 37.6 Å². The molecule has 37 heavy (non-hydrogen) atoms. The van der Waals surface area contributed by atoms with Crippen molar-refractivity contribution in [2.75, 3.05) is 20.2 Å². The number of carbonyl (C=O) groups excluding carboxylic acids is 3. The van der Waals surface area contributed by atoms with E-state index in [4.69, 9.17) is 4.74 Å². The Bertz CT molecular complexity index is 1170. The number of aliphatic hydroxyl groups excluding tert-OH is 1. The lowest BCUT2D eigenvalue weighted by atomic mass is 9.44. The van der Waals surface area contributed by atoms with Gasteiger partial charge in [0.2, 0.25) is 0 Å². The number of nitrogens with zero attached hydrogens (tertiary/aromatic N) is 1. The Morgan fingerprint density at radius 3 is 2.68 bits per heavy atom. The molecule has 0 aromatic rings. The molecule has 0 amide bonds. The van der Waals surface area contributed by atoms with Crippen LogP contribution in [-0.4, -0.2) is 70.2 Å². The molecule has 0 bridgehead atoms. The summed E-state index contributed by atoms with van der Waals surface area (Å²) in [4.78, 5) is 40.4. The molecule has 7 nitrogen and oxygen atoms in total. The molecular weight excluding hydrogens is 477 g/mol. The molecule has 0 aromatic carbocycles. The lowest BCUT2D eigenvalue weighted by molar-refractivity contribution is -0.220. The topological polar surface area (TPSA) is 104 Å². The highest BCUT2D eigenvalue weighted by Gasteiger charge is 2.76. The Kier molecular flexibility index (Phi) is 5.96. The smallest absolute Gasteiger partial charge is 0.378 e. The van der Waals surface area contributed by atoms with Crippen LogP contribution in [0.4, 0.5) is 4.39 Å². The highest BCUT2D eigenvalue weighted by molar-refractivity contribution is 6.37. The Morgan fingerprint density at radius 1 is 1.24 bits per heavy atom. The van der Waals surface area contributed by atoms with Crippen LogP contribution in [-0.2, 0) is 19.1 Å². The van der Waals surface area contributed by atoms with Crippen molar-refractivity contribution in [2.24, 2.45) is 28.6 Å². The molecule has 5 aliphatic rings. The third-order valence-electron chi connectivity index (χ3n) is 10.2. The summed E-state index contributed by atoms with van der Waals surface area (Å²) in [5, 5.41) is 23.4. The molecule has 5 unspecified atom stereocenters. The fraction of sp³-hybridized carbons (Fsp3) is 0.621. The molecular formula is C29H36FNO6. The Balaban J connectivity index is 1.44. The van der Waals surface area contributed by atoms with Crippen LogP contribution in [0.1, 0.15) is 46.5 Å². The zero-order chi connectivity index (χ0) is 27.0. The summed E-state index contributed by atoms with van der Waals surface area (Å²) in [6, 6.07) is 0. The fourth-order valence-corrected chi connectivity index (χ4v) is 8.23. The molecule has 5 rings (SSSR count). The third-order valence-corrected chi connectivity index (χ3v) is 10.2. The molecule has 8 heteroatoms. The van der Waals surface area contributed by atoms with E-state index in [1.54, 1.807) is 26.8 Å². The number of ketones is 2. The molecule has 3 saturated carbocycles. The lowest BCUT2D eigenvalue weighted by Gasteiger charge is -2.62. The van der Waals surface area contributed by atoms with Gasteiger partial charge in [-0.25, -0.2) is 9.18 Å². The molecule has 4 aliphatic carbocycles. The van der Waals surface area contributed by atoms with Gasteiger partial charge in [-0.15, -0.1) is 0 Å². The first kappa shape index (κ1) is 26.0. The number of likely N-dealkylation sites (N-methyl/N-ethyl adjacent to an activating group) is 1. The first-order chi connectivity index (χ1) is 17.3. The maximum atomic E-state index is 17.2. The van der Waals surface area contributed by atoms with Crippen LogP contribution in [0.5, 0.6) is 0 Å². The average molecular weight is 514 g/mol. The average Bonchev–Trinajstić information content (AvgIpc) is 3.05. The SMILES string of the molecule is C[C@@H]1CC2C3CCC4=CC(=O)C=CC4(C)[C@@]3(F)C(O)CC2(C)[C@@]1(O)C(=O)C(=O)OCC1=CN(C)CC=C1. The van der Waals surface area contributed by atoms with Crippen LogP contribution in [0, 0.1) is 28.6 Å². The van der Waals surface area contributed by atoms with Crippen LogP contribution < -0.4 is 0 Å². The summed E-state index contributed by atoms with van der Waals surface area (Å²) in [5.41, 5.74) is -5.17. The van der Waals surface area contributed by atoms with Crippen molar-refractivity contribution < 1.29 is 33.7 Å². The number of Topliss-reactive ketones (excluding diaryl/α,β-unsaturated/α-hetero) is 1. The molecule has 1 heterocycles. The number of ether oxygens (including phenoxy) is 1. The molecule has 3 fully saturated rings. The van der Waals surface area contributed by atoms with Crippen molar-refractivity contribution in [2.45, 2.75) is 63.8 Å². The van der Waals surface area contributed by atoms with Gasteiger partial charge in [-0.05, 0) is 56.6 Å². The highest BCUT2D eigenvalue weighted by atomic mass is 19.1. The zero-order valence-electron chi connectivity index (χ0n) is 21.9. The second-order valence-corrected chi connectivity index (χ2v) is 12.1. The van der Waals surface area contributed by atoms with Gasteiger partial charge in [0, 0.05) is 42.1 Å². The van der Waals surface area contributed by atoms with Crippen molar-refractivity contribution in [1.82, 2.24) is 4.90 Å². The van der Waals surface area contributed by atoms with E-state index >= 15 is 4.39 Å². The van der Waals surface area contributed by atoms with Crippen molar-refractivity contribution in [3.05, 3.63) is 47.7 Å². The van der Waals surface area contributed by atoms with E-state index < -0.39 is 57.7 Å². The Labute approximate surface area is 216 Å². The number of alkyl halides is 1. The van der Waals surface area contributed by atoms with E-state index in [-0.39, 0.29) is 18.8 Å². The molecule has 0 spiro atoms. The Morgan fingerprint density at radius 2 is 1.97 bits per heavy atom. The van der Waals surface area contributed by atoms with Gasteiger partial charge in [0.15, 0.2) is 11.5 Å². The Hall–Kier alpha value is -2.58. The van der Waals surface area contributed by atoms with Crippen LogP contribution in [0.25, 0.3) is 0 Å². The van der Waals surface area contributed by atoms with Crippen LogP contribution >= 0.6 is 0 Å². The number of esters is 1. The minimum Gasteiger partial charge on any atom is -0.455 e. The summed E-state index contributed by atoms with van der Waals surface area (Å²) in [5.74, 6) is -4.09. The largest absolute Gasteiger partial charge is 0.455 e. The van der Waals surface area contributed by atoms with E-state index in [0.717, 1.165) is 12.1 Å². The quantitative estimate of drug-likeness (QED) is 0.440. The second kappa shape index (κ2) is 8.46. The fourth-order valence-electron chi connectivity index (χ4n) is 8.23. The molecule has 200 valence electrons. The van der Waals surface area contributed by atoms with E-state index in [1.807, 2.05) is 30.3 Å². The predicted molar refractivity (Wildman–Crippen MR) is 134 cm³/mol. The number of aliphatic hydroxyl groups is 2. The molecule has 1 aliphatic heterocycles. The van der Waals surface area contributed by atoms with Crippen molar-refractivity contribution >= 4 is 17.5 Å². The number of allylic oxidation sites excluding steroid dienone is 4. The molecule has 8 atom stereocenters. The maximum Gasteiger partial charge on any atom is 0.378 e. The normalized spacial score (nSPS) is 44.4. The van der Waals surface area contributed by atoms with Gasteiger partial charge < -0.3 is 19.8 Å². The molecule has 2 N–H and O–H groups in total. The van der Waals surface area contributed by atoms with E-state index in [1.165, 1.54) is 12.2 Å². The highest BCUT2D eigenvalue weighted by Crippen LogP contribution is 2.70. The van der Waals surface area contributed by atoms with Gasteiger partial charge >= 0.3 is 5.97 Å². The van der Waals surface area contributed by atoms with Crippen LogP contribution in [0.2, 0.25) is 0 Å². The van der Waals surface area contributed by atoms with Gasteiger partial charge in [0.25, 0.3) is 5.78 Å². The van der Waals surface area contributed by atoms with E-state index in [0.29, 0.717) is 24.8 Å². The second-order valence-electron chi connectivity index (χ2n) is 12.1. The lowest BCUT2D eigenvalue weighted by Crippen LogP contribution is -2.69. The van der Waals surface area contributed by atoms with Crippen LogP contribution in [0.15, 0.2) is 47.7 Å². The zero-order valence-corrected chi connectivity index (χ0v) is 21.9. The van der Waals surface area contributed by atoms with Crippen molar-refractivity contribution in [1.29, 1.82) is 0 Å². The van der Waals surface area contributed by atoms with Crippen molar-refractivity contribution in [3.63, 3.8) is 0 Å². The summed E-state index contributed by atoms with van der Waals surface area (Å²) in [6.07, 6.45) is 9.47. The first-order valence-electron chi connectivity index (χ1n) is 13.1. The number of hydrogen-bond acceptors (Lipinski definition) is 7. The number of fused-ring (bicyclic) bond motifs is 5. The molecule has 0 aromatic heterocycles. The van der Waals surface area contributed by atoms with Crippen LogP contribution in [0.3, 0.4) is 0 Å². The standard InChI is InChI=1S/C29H36FNO6/c1-17-12-22-21-8-7-19-13-20(32)9-10-26(19,2)28(21,30)23(33)14-27(22,3)29(17,36)24(34)25(35)37-16-18-6-5-11-31(4)15-18/h5-6,9-10,13,15,17,21-23,33,36H,7-8,11-12,14,16H2,1-4H3/t17-,21?,22?,23?,26?,27?,28+,29+/m1/s1.